The second kappa shape index (κ2) is 5.55. The number of hydrogen-bond donors (Lipinski definition) is 1. The fraction of sp³-hybridized carbons (Fsp3) is 0.417. The van der Waals surface area contributed by atoms with Crippen LogP contribution in [-0.4, -0.2) is 18.3 Å². The lowest BCUT2D eigenvalue weighted by Crippen LogP contribution is -2.31. The van der Waals surface area contributed by atoms with Gasteiger partial charge in [0.1, 0.15) is 0 Å². The molecule has 0 saturated heterocycles. The van der Waals surface area contributed by atoms with E-state index < -0.39 is 0 Å². The van der Waals surface area contributed by atoms with E-state index in [4.69, 9.17) is 5.73 Å². The summed E-state index contributed by atoms with van der Waals surface area (Å²) < 4.78 is 0. The minimum absolute atomic E-state index is 0.0531. The van der Waals surface area contributed by atoms with Crippen LogP contribution in [0, 0.1) is 0 Å². The van der Waals surface area contributed by atoms with Crippen LogP contribution < -0.4 is 5.73 Å². The molecule has 0 spiro atoms. The van der Waals surface area contributed by atoms with Crippen LogP contribution in [0.5, 0.6) is 0 Å². The second-order valence-corrected chi connectivity index (χ2v) is 3.41. The molecule has 0 heterocycles. The van der Waals surface area contributed by atoms with Crippen molar-refractivity contribution in [2.24, 2.45) is 10.7 Å². The predicted octanol–water partition coefficient (Wildman–Crippen LogP) is 2.04. The fourth-order valence-corrected chi connectivity index (χ4v) is 1.38. The fourth-order valence-electron chi connectivity index (χ4n) is 1.38. The molecule has 1 rings (SSSR count). The third-order valence-electron chi connectivity index (χ3n) is 2.24. The molecule has 0 aliphatic rings. The Morgan fingerprint density at radius 2 is 2.00 bits per heavy atom. The summed E-state index contributed by atoms with van der Waals surface area (Å²) in [6, 6.07) is 10.3. The van der Waals surface area contributed by atoms with E-state index in [1.807, 2.05) is 32.0 Å². The summed E-state index contributed by atoms with van der Waals surface area (Å²) in [6.07, 6.45) is 0.871. The molecule has 0 radical (unpaired) electrons. The molecule has 0 saturated carbocycles. The van der Waals surface area contributed by atoms with Crippen LogP contribution in [0.15, 0.2) is 35.3 Å². The molecule has 2 N–H and O–H groups in total. The molecule has 14 heavy (non-hydrogen) atoms. The maximum atomic E-state index is 6.00. The summed E-state index contributed by atoms with van der Waals surface area (Å²) in [5.74, 6) is 0. The summed E-state index contributed by atoms with van der Waals surface area (Å²) in [5, 5.41) is 0. The van der Waals surface area contributed by atoms with Gasteiger partial charge in [-0.15, -0.1) is 0 Å². The van der Waals surface area contributed by atoms with Crippen LogP contribution in [0.4, 0.5) is 0 Å². The van der Waals surface area contributed by atoms with Crippen molar-refractivity contribution in [2.75, 3.05) is 6.54 Å². The van der Waals surface area contributed by atoms with Crippen molar-refractivity contribution in [1.82, 2.24) is 0 Å². The minimum Gasteiger partial charge on any atom is -0.323 e. The number of rotatable bonds is 4. The quantitative estimate of drug-likeness (QED) is 0.725. The van der Waals surface area contributed by atoms with E-state index >= 15 is 0 Å². The van der Waals surface area contributed by atoms with Crippen LogP contribution >= 0.6 is 0 Å². The van der Waals surface area contributed by atoms with Gasteiger partial charge in [0.25, 0.3) is 0 Å². The molecular weight excluding hydrogens is 172 g/mol. The smallest absolute Gasteiger partial charge is 0.0463 e. The predicted molar refractivity (Wildman–Crippen MR) is 61.8 cm³/mol. The van der Waals surface area contributed by atoms with Crippen molar-refractivity contribution in [3.63, 3.8) is 0 Å². The first-order valence-electron chi connectivity index (χ1n) is 5.04. The zero-order valence-electron chi connectivity index (χ0n) is 8.90. The standard InChI is InChI=1S/C12H18N2/c1-3-14-10(2)12(13)9-11-7-5-4-6-8-11/h4-8,12H,3,9,13H2,1-2H3. The van der Waals surface area contributed by atoms with Crippen molar-refractivity contribution in [3.8, 4) is 0 Å². The van der Waals surface area contributed by atoms with Crippen molar-refractivity contribution in [1.29, 1.82) is 0 Å². The highest BCUT2D eigenvalue weighted by molar-refractivity contribution is 5.87. The maximum Gasteiger partial charge on any atom is 0.0463 e. The third kappa shape index (κ3) is 3.30. The Morgan fingerprint density at radius 1 is 1.36 bits per heavy atom. The van der Waals surface area contributed by atoms with Gasteiger partial charge in [-0.25, -0.2) is 0 Å². The second-order valence-electron chi connectivity index (χ2n) is 3.41. The highest BCUT2D eigenvalue weighted by Crippen LogP contribution is 2.02. The van der Waals surface area contributed by atoms with Gasteiger partial charge in [0, 0.05) is 18.3 Å². The molecule has 0 aliphatic carbocycles. The normalized spacial score (nSPS) is 14.1. The number of benzene rings is 1. The Balaban J connectivity index is 2.57. The highest BCUT2D eigenvalue weighted by Gasteiger charge is 2.06. The lowest BCUT2D eigenvalue weighted by Gasteiger charge is -2.11. The maximum absolute atomic E-state index is 6.00. The summed E-state index contributed by atoms with van der Waals surface area (Å²) in [6.45, 7) is 4.84. The minimum atomic E-state index is 0.0531. The first-order chi connectivity index (χ1) is 6.74. The Labute approximate surface area is 85.9 Å². The third-order valence-corrected chi connectivity index (χ3v) is 2.24. The van der Waals surface area contributed by atoms with E-state index in [-0.39, 0.29) is 6.04 Å². The Bertz CT molecular complexity index is 290. The monoisotopic (exact) mass is 190 g/mol. The van der Waals surface area contributed by atoms with E-state index in [0.717, 1.165) is 18.7 Å². The zero-order chi connectivity index (χ0) is 10.4. The number of nitrogens with two attached hydrogens (primary N) is 1. The van der Waals surface area contributed by atoms with Gasteiger partial charge in [-0.1, -0.05) is 30.3 Å². The van der Waals surface area contributed by atoms with Crippen LogP contribution in [0.3, 0.4) is 0 Å². The molecule has 2 heteroatoms. The van der Waals surface area contributed by atoms with E-state index in [0.29, 0.717) is 0 Å². The van der Waals surface area contributed by atoms with Gasteiger partial charge in [0.2, 0.25) is 0 Å². The van der Waals surface area contributed by atoms with Gasteiger partial charge >= 0.3 is 0 Å². The van der Waals surface area contributed by atoms with Crippen LogP contribution in [-0.2, 0) is 6.42 Å². The largest absolute Gasteiger partial charge is 0.323 e. The van der Waals surface area contributed by atoms with Crippen LogP contribution in [0.1, 0.15) is 19.4 Å². The number of aliphatic imine (C=N–C) groups is 1. The summed E-state index contributed by atoms with van der Waals surface area (Å²) in [4.78, 5) is 4.31. The van der Waals surface area contributed by atoms with Gasteiger partial charge < -0.3 is 5.73 Å². The van der Waals surface area contributed by atoms with Gasteiger partial charge in [-0.2, -0.15) is 0 Å². The van der Waals surface area contributed by atoms with Crippen molar-refractivity contribution in [2.45, 2.75) is 26.3 Å². The molecule has 2 nitrogen and oxygen atoms in total. The molecule has 1 aromatic rings. The summed E-state index contributed by atoms with van der Waals surface area (Å²) in [5.41, 5.74) is 8.31. The zero-order valence-corrected chi connectivity index (χ0v) is 8.90. The molecule has 1 aromatic carbocycles. The van der Waals surface area contributed by atoms with E-state index in [9.17, 15) is 0 Å². The Kier molecular flexibility index (Phi) is 4.33. The molecule has 0 bridgehead atoms. The molecule has 1 unspecified atom stereocenters. The molecule has 1 atom stereocenters. The topological polar surface area (TPSA) is 38.4 Å². The lowest BCUT2D eigenvalue weighted by molar-refractivity contribution is 0.837. The summed E-state index contributed by atoms with van der Waals surface area (Å²) >= 11 is 0. The SMILES string of the molecule is CCN=C(C)C(N)Cc1ccccc1. The average molecular weight is 190 g/mol. The highest BCUT2D eigenvalue weighted by atomic mass is 14.8. The van der Waals surface area contributed by atoms with E-state index in [2.05, 4.69) is 17.1 Å². The summed E-state index contributed by atoms with van der Waals surface area (Å²) in [7, 11) is 0. The van der Waals surface area contributed by atoms with Crippen molar-refractivity contribution in [3.05, 3.63) is 35.9 Å². The van der Waals surface area contributed by atoms with Gasteiger partial charge in [0.05, 0.1) is 0 Å². The Morgan fingerprint density at radius 3 is 2.57 bits per heavy atom. The molecule has 0 fully saturated rings. The molecule has 76 valence electrons. The lowest BCUT2D eigenvalue weighted by atomic mass is 10.0. The molecular formula is C12H18N2. The van der Waals surface area contributed by atoms with Gasteiger partial charge in [-0.05, 0) is 25.8 Å². The molecule has 0 aromatic heterocycles. The molecule has 0 aliphatic heterocycles. The Hall–Kier alpha value is -1.15. The van der Waals surface area contributed by atoms with Gasteiger partial charge in [0.15, 0.2) is 0 Å². The first-order valence-corrected chi connectivity index (χ1v) is 5.04. The average Bonchev–Trinajstić information content (AvgIpc) is 2.19. The number of hydrogen-bond acceptors (Lipinski definition) is 2. The number of nitrogens with zero attached hydrogens (tertiary/aromatic N) is 1. The van der Waals surface area contributed by atoms with E-state index in [1.54, 1.807) is 0 Å². The van der Waals surface area contributed by atoms with Crippen LogP contribution in [0.2, 0.25) is 0 Å². The van der Waals surface area contributed by atoms with Crippen LogP contribution in [0.25, 0.3) is 0 Å². The van der Waals surface area contributed by atoms with Crippen molar-refractivity contribution < 1.29 is 0 Å². The van der Waals surface area contributed by atoms with Gasteiger partial charge in [-0.3, -0.25) is 4.99 Å². The first kappa shape index (κ1) is 10.9. The van der Waals surface area contributed by atoms with Crippen molar-refractivity contribution >= 4 is 5.71 Å². The van der Waals surface area contributed by atoms with E-state index in [1.165, 1.54) is 5.56 Å². The molecule has 0 amide bonds.